The molecule has 0 aliphatic heterocycles. The van der Waals surface area contributed by atoms with Crippen LogP contribution in [0.2, 0.25) is 0 Å². The Hall–Kier alpha value is -1.76. The zero-order valence-electron chi connectivity index (χ0n) is 12.6. The minimum absolute atomic E-state index is 0.173. The number of ether oxygens (including phenoxy) is 2. The second-order valence-electron chi connectivity index (χ2n) is 4.47. The van der Waals surface area contributed by atoms with Gasteiger partial charge in [-0.1, -0.05) is 18.2 Å². The van der Waals surface area contributed by atoms with E-state index >= 15 is 0 Å². The molecular formula is C17H18INO3. The summed E-state index contributed by atoms with van der Waals surface area (Å²) in [6, 6.07) is 12.9. The maximum atomic E-state index is 12.4. The standard InChI is InChI=1S/C17H18INO3/c1-3-21-15-11-12(10-14(18)16(15)22-4-2)17(20)19-13-8-6-5-7-9-13/h5-11H,3-4H2,1-2H3,(H,19,20). The molecule has 2 aromatic carbocycles. The highest BCUT2D eigenvalue weighted by atomic mass is 127. The van der Waals surface area contributed by atoms with Crippen LogP contribution in [0.4, 0.5) is 5.69 Å². The van der Waals surface area contributed by atoms with E-state index in [1.54, 1.807) is 12.1 Å². The van der Waals surface area contributed by atoms with Gasteiger partial charge in [0.25, 0.3) is 5.91 Å². The van der Waals surface area contributed by atoms with E-state index in [2.05, 4.69) is 27.9 Å². The third-order valence-corrected chi connectivity index (χ3v) is 3.69. The van der Waals surface area contributed by atoms with Gasteiger partial charge in [-0.3, -0.25) is 4.79 Å². The maximum Gasteiger partial charge on any atom is 0.255 e. The van der Waals surface area contributed by atoms with Crippen LogP contribution in [-0.4, -0.2) is 19.1 Å². The third-order valence-electron chi connectivity index (χ3n) is 2.89. The quantitative estimate of drug-likeness (QED) is 0.720. The Balaban J connectivity index is 2.28. The topological polar surface area (TPSA) is 47.6 Å². The van der Waals surface area contributed by atoms with Gasteiger partial charge in [0, 0.05) is 11.3 Å². The number of hydrogen-bond donors (Lipinski definition) is 1. The first kappa shape index (κ1) is 16.6. The molecule has 0 bridgehead atoms. The van der Waals surface area contributed by atoms with Crippen molar-refractivity contribution in [2.24, 2.45) is 0 Å². The summed E-state index contributed by atoms with van der Waals surface area (Å²) < 4.78 is 12.1. The lowest BCUT2D eigenvalue weighted by atomic mass is 10.2. The molecule has 2 rings (SSSR count). The highest BCUT2D eigenvalue weighted by Gasteiger charge is 2.15. The van der Waals surface area contributed by atoms with E-state index in [0.717, 1.165) is 9.26 Å². The van der Waals surface area contributed by atoms with Crippen LogP contribution in [0.5, 0.6) is 11.5 Å². The average molecular weight is 411 g/mol. The van der Waals surface area contributed by atoms with E-state index in [4.69, 9.17) is 9.47 Å². The Morgan fingerprint density at radius 2 is 1.77 bits per heavy atom. The Labute approximate surface area is 144 Å². The van der Waals surface area contributed by atoms with Gasteiger partial charge >= 0.3 is 0 Å². The predicted octanol–water partition coefficient (Wildman–Crippen LogP) is 4.34. The zero-order chi connectivity index (χ0) is 15.9. The van der Waals surface area contributed by atoms with E-state index in [1.165, 1.54) is 0 Å². The van der Waals surface area contributed by atoms with Gasteiger partial charge < -0.3 is 14.8 Å². The van der Waals surface area contributed by atoms with Crippen LogP contribution in [0.1, 0.15) is 24.2 Å². The van der Waals surface area contributed by atoms with Crippen LogP contribution in [0.25, 0.3) is 0 Å². The number of amides is 1. The highest BCUT2D eigenvalue weighted by Crippen LogP contribution is 2.34. The number of rotatable bonds is 6. The summed E-state index contributed by atoms with van der Waals surface area (Å²) in [5, 5.41) is 2.87. The SMILES string of the molecule is CCOc1cc(C(=O)Nc2ccccc2)cc(I)c1OCC. The molecular weight excluding hydrogens is 393 g/mol. The minimum Gasteiger partial charge on any atom is -0.490 e. The van der Waals surface area contributed by atoms with Crippen molar-refractivity contribution in [3.8, 4) is 11.5 Å². The Morgan fingerprint density at radius 3 is 2.41 bits per heavy atom. The average Bonchev–Trinajstić information content (AvgIpc) is 2.51. The summed E-state index contributed by atoms with van der Waals surface area (Å²) in [5.41, 5.74) is 1.30. The predicted molar refractivity (Wildman–Crippen MR) is 95.9 cm³/mol. The van der Waals surface area contributed by atoms with Gasteiger partial charge in [-0.15, -0.1) is 0 Å². The van der Waals surface area contributed by atoms with Crippen molar-refractivity contribution in [2.45, 2.75) is 13.8 Å². The molecule has 0 heterocycles. The summed E-state index contributed by atoms with van der Waals surface area (Å²) in [7, 11) is 0. The number of nitrogens with one attached hydrogen (secondary N) is 1. The molecule has 4 nitrogen and oxygen atoms in total. The summed E-state index contributed by atoms with van der Waals surface area (Å²) in [6.45, 7) is 4.88. The molecule has 0 radical (unpaired) electrons. The van der Waals surface area contributed by atoms with Crippen LogP contribution < -0.4 is 14.8 Å². The first-order valence-corrected chi connectivity index (χ1v) is 8.19. The molecule has 0 atom stereocenters. The molecule has 22 heavy (non-hydrogen) atoms. The first-order valence-electron chi connectivity index (χ1n) is 7.11. The molecule has 0 spiro atoms. The van der Waals surface area contributed by atoms with Gasteiger partial charge in [-0.25, -0.2) is 0 Å². The number of carbonyl (C=O) groups is 1. The lowest BCUT2D eigenvalue weighted by Crippen LogP contribution is -2.13. The Kier molecular flexibility index (Phi) is 6.06. The molecule has 0 aromatic heterocycles. The van der Waals surface area contributed by atoms with Crippen LogP contribution in [0, 0.1) is 3.57 Å². The summed E-state index contributed by atoms with van der Waals surface area (Å²) in [5.74, 6) is 1.10. The highest BCUT2D eigenvalue weighted by molar-refractivity contribution is 14.1. The van der Waals surface area contributed by atoms with E-state index in [0.29, 0.717) is 30.3 Å². The largest absolute Gasteiger partial charge is 0.490 e. The van der Waals surface area contributed by atoms with Gasteiger partial charge in [-0.2, -0.15) is 0 Å². The van der Waals surface area contributed by atoms with Crippen molar-refractivity contribution >= 4 is 34.2 Å². The minimum atomic E-state index is -0.173. The molecule has 0 saturated carbocycles. The summed E-state index contributed by atoms with van der Waals surface area (Å²) >= 11 is 2.15. The molecule has 0 saturated heterocycles. The molecule has 1 N–H and O–H groups in total. The number of carbonyl (C=O) groups excluding carboxylic acids is 1. The lowest BCUT2D eigenvalue weighted by molar-refractivity contribution is 0.102. The van der Waals surface area contributed by atoms with Crippen molar-refractivity contribution in [2.75, 3.05) is 18.5 Å². The molecule has 0 fully saturated rings. The van der Waals surface area contributed by atoms with Crippen molar-refractivity contribution in [3.05, 3.63) is 51.6 Å². The van der Waals surface area contributed by atoms with E-state index in [1.807, 2.05) is 44.2 Å². The van der Waals surface area contributed by atoms with Crippen LogP contribution in [0.3, 0.4) is 0 Å². The van der Waals surface area contributed by atoms with E-state index in [-0.39, 0.29) is 5.91 Å². The molecule has 2 aromatic rings. The van der Waals surface area contributed by atoms with Crippen molar-refractivity contribution in [1.82, 2.24) is 0 Å². The number of anilines is 1. The monoisotopic (exact) mass is 411 g/mol. The number of para-hydroxylation sites is 1. The van der Waals surface area contributed by atoms with Crippen LogP contribution >= 0.6 is 22.6 Å². The van der Waals surface area contributed by atoms with Gasteiger partial charge in [-0.05, 0) is 60.7 Å². The van der Waals surface area contributed by atoms with Gasteiger partial charge in [0.05, 0.1) is 16.8 Å². The van der Waals surface area contributed by atoms with Crippen LogP contribution in [-0.2, 0) is 0 Å². The van der Waals surface area contributed by atoms with Crippen LogP contribution in [0.15, 0.2) is 42.5 Å². The van der Waals surface area contributed by atoms with Crippen molar-refractivity contribution < 1.29 is 14.3 Å². The Morgan fingerprint density at radius 1 is 1.09 bits per heavy atom. The second kappa shape index (κ2) is 8.03. The number of benzene rings is 2. The van der Waals surface area contributed by atoms with Gasteiger partial charge in [0.2, 0.25) is 0 Å². The fraction of sp³-hybridized carbons (Fsp3) is 0.235. The molecule has 1 amide bonds. The molecule has 0 aliphatic rings. The van der Waals surface area contributed by atoms with Crippen molar-refractivity contribution in [1.29, 1.82) is 0 Å². The normalized spacial score (nSPS) is 10.1. The molecule has 0 unspecified atom stereocenters. The molecule has 5 heteroatoms. The Bertz CT molecular complexity index is 644. The zero-order valence-corrected chi connectivity index (χ0v) is 14.7. The molecule has 116 valence electrons. The van der Waals surface area contributed by atoms with Crippen molar-refractivity contribution in [3.63, 3.8) is 0 Å². The van der Waals surface area contributed by atoms with E-state index < -0.39 is 0 Å². The third kappa shape index (κ3) is 4.13. The van der Waals surface area contributed by atoms with E-state index in [9.17, 15) is 4.79 Å². The smallest absolute Gasteiger partial charge is 0.255 e. The summed E-state index contributed by atoms with van der Waals surface area (Å²) in [4.78, 5) is 12.4. The fourth-order valence-corrected chi connectivity index (χ4v) is 2.73. The second-order valence-corrected chi connectivity index (χ2v) is 5.63. The number of halogens is 1. The first-order chi connectivity index (χ1) is 10.7. The summed E-state index contributed by atoms with van der Waals surface area (Å²) in [6.07, 6.45) is 0. The molecule has 0 aliphatic carbocycles. The van der Waals surface area contributed by atoms with Gasteiger partial charge in [0.15, 0.2) is 11.5 Å². The lowest BCUT2D eigenvalue weighted by Gasteiger charge is -2.14. The van der Waals surface area contributed by atoms with Gasteiger partial charge in [0.1, 0.15) is 0 Å². The number of hydrogen-bond acceptors (Lipinski definition) is 3. The fourth-order valence-electron chi connectivity index (χ4n) is 1.97. The maximum absolute atomic E-state index is 12.4.